The van der Waals surface area contributed by atoms with Crippen molar-refractivity contribution < 1.29 is 23.4 Å². The average Bonchev–Trinajstić information content (AvgIpc) is 2.51. The molecule has 0 aliphatic rings. The lowest BCUT2D eigenvalue weighted by molar-refractivity contribution is 0.0920. The number of rotatable bonds is 8. The molecule has 0 aliphatic carbocycles. The lowest BCUT2D eigenvalue weighted by atomic mass is 10.2. The van der Waals surface area contributed by atoms with Crippen LogP contribution >= 0.6 is 0 Å². The molecule has 0 aromatic heterocycles. The van der Waals surface area contributed by atoms with E-state index in [4.69, 9.17) is 14.2 Å². The number of ether oxygens (including phenoxy) is 3. The van der Waals surface area contributed by atoms with E-state index in [1.807, 2.05) is 6.92 Å². The Morgan fingerprint density at radius 2 is 2.14 bits per heavy atom. The molecule has 1 aromatic rings. The number of aliphatic imine (C=N–C) groups is 1. The lowest BCUT2D eigenvalue weighted by Gasteiger charge is -2.11. The van der Waals surface area contributed by atoms with Crippen LogP contribution in [-0.2, 0) is 14.2 Å². The number of amides is 1. The molecule has 0 heterocycles. The molecule has 1 rings (SSSR count). The largest absolute Gasteiger partial charge is 0.463 e. The zero-order valence-electron chi connectivity index (χ0n) is 12.8. The van der Waals surface area contributed by atoms with Gasteiger partial charge in [0.25, 0.3) is 11.9 Å². The Morgan fingerprint density at radius 1 is 1.32 bits per heavy atom. The van der Waals surface area contributed by atoms with Crippen LogP contribution in [0.2, 0.25) is 0 Å². The summed E-state index contributed by atoms with van der Waals surface area (Å²) in [4.78, 5) is 16.1. The van der Waals surface area contributed by atoms with E-state index in [9.17, 15) is 9.18 Å². The third-order valence-corrected chi connectivity index (χ3v) is 2.53. The number of hydrogen-bond donors (Lipinski definition) is 1. The minimum Gasteiger partial charge on any atom is -0.463 e. The first-order valence-electron chi connectivity index (χ1n) is 6.98. The topological polar surface area (TPSA) is 69.2 Å². The first kappa shape index (κ1) is 18.1. The number of hydrogen-bond acceptors (Lipinski definition) is 5. The second-order valence-corrected chi connectivity index (χ2v) is 4.19. The van der Waals surface area contributed by atoms with Gasteiger partial charge in [-0.3, -0.25) is 10.1 Å². The first-order chi connectivity index (χ1) is 10.7. The number of methoxy groups -OCH3 is 1. The predicted molar refractivity (Wildman–Crippen MR) is 80.5 cm³/mol. The third-order valence-electron chi connectivity index (χ3n) is 2.53. The van der Waals surface area contributed by atoms with Crippen molar-refractivity contribution in [1.82, 2.24) is 5.32 Å². The highest BCUT2D eigenvalue weighted by molar-refractivity contribution is 6.04. The van der Waals surface area contributed by atoms with Crippen molar-refractivity contribution in [3.8, 4) is 0 Å². The quantitative estimate of drug-likeness (QED) is 0.450. The van der Waals surface area contributed by atoms with Crippen molar-refractivity contribution in [3.63, 3.8) is 0 Å². The van der Waals surface area contributed by atoms with Crippen molar-refractivity contribution in [3.05, 3.63) is 35.6 Å². The highest BCUT2D eigenvalue weighted by Gasteiger charge is 2.10. The van der Waals surface area contributed by atoms with E-state index in [1.165, 1.54) is 18.2 Å². The lowest BCUT2D eigenvalue weighted by Crippen LogP contribution is -2.33. The predicted octanol–water partition coefficient (Wildman–Crippen LogP) is 1.61. The number of halogens is 1. The van der Waals surface area contributed by atoms with E-state index in [0.717, 1.165) is 6.07 Å². The van der Waals surface area contributed by atoms with E-state index < -0.39 is 11.7 Å². The van der Waals surface area contributed by atoms with Crippen LogP contribution in [0.15, 0.2) is 29.3 Å². The third kappa shape index (κ3) is 7.14. The summed E-state index contributed by atoms with van der Waals surface area (Å²) in [5, 5.41) is 2.51. The molecule has 0 bridgehead atoms. The summed E-state index contributed by atoms with van der Waals surface area (Å²) < 4.78 is 28.5. The Labute approximate surface area is 129 Å². The minimum atomic E-state index is -0.493. The van der Waals surface area contributed by atoms with Gasteiger partial charge < -0.3 is 14.2 Å². The zero-order valence-corrected chi connectivity index (χ0v) is 12.8. The molecule has 1 aromatic carbocycles. The number of amidine groups is 1. The van der Waals surface area contributed by atoms with Gasteiger partial charge in [0, 0.05) is 19.3 Å². The van der Waals surface area contributed by atoms with Gasteiger partial charge in [-0.1, -0.05) is 6.07 Å². The second-order valence-electron chi connectivity index (χ2n) is 4.19. The fraction of sp³-hybridized carbons (Fsp3) is 0.467. The van der Waals surface area contributed by atoms with Crippen LogP contribution in [0.1, 0.15) is 17.3 Å². The molecule has 6 nitrogen and oxygen atoms in total. The SMILES string of the molecule is CCOCCOC(=NCCOC)NC(=O)c1cccc(F)c1. The molecule has 0 aliphatic heterocycles. The number of carbonyl (C=O) groups is 1. The molecule has 1 N–H and O–H groups in total. The van der Waals surface area contributed by atoms with Gasteiger partial charge in [0.15, 0.2) is 0 Å². The highest BCUT2D eigenvalue weighted by Crippen LogP contribution is 2.03. The van der Waals surface area contributed by atoms with Crippen LogP contribution in [-0.4, -0.2) is 52.0 Å². The summed E-state index contributed by atoms with van der Waals surface area (Å²) in [6.07, 6.45) is 0. The number of nitrogens with one attached hydrogen (secondary N) is 1. The summed E-state index contributed by atoms with van der Waals surface area (Å²) in [6, 6.07) is 5.43. The second kappa shape index (κ2) is 10.7. The van der Waals surface area contributed by atoms with Gasteiger partial charge in [0.05, 0.1) is 19.8 Å². The zero-order chi connectivity index (χ0) is 16.2. The fourth-order valence-electron chi connectivity index (χ4n) is 1.50. The summed E-state index contributed by atoms with van der Waals surface area (Å²) in [6.45, 7) is 3.82. The van der Waals surface area contributed by atoms with E-state index in [1.54, 1.807) is 7.11 Å². The van der Waals surface area contributed by atoms with Gasteiger partial charge >= 0.3 is 0 Å². The summed E-state index contributed by atoms with van der Waals surface area (Å²) in [5.41, 5.74) is 0.188. The molecule has 0 fully saturated rings. The van der Waals surface area contributed by atoms with E-state index in [2.05, 4.69) is 10.3 Å². The molecule has 0 radical (unpaired) electrons. The molecule has 0 atom stereocenters. The molecule has 0 saturated heterocycles. The van der Waals surface area contributed by atoms with Crippen molar-refractivity contribution in [2.75, 3.05) is 40.1 Å². The van der Waals surface area contributed by atoms with E-state index >= 15 is 0 Å². The Bertz CT molecular complexity index is 494. The van der Waals surface area contributed by atoms with E-state index in [-0.39, 0.29) is 18.2 Å². The molecule has 0 saturated carbocycles. The van der Waals surface area contributed by atoms with Crippen LogP contribution in [0, 0.1) is 5.82 Å². The van der Waals surface area contributed by atoms with Gasteiger partial charge in [-0.05, 0) is 25.1 Å². The van der Waals surface area contributed by atoms with Gasteiger partial charge in [-0.15, -0.1) is 0 Å². The molecule has 22 heavy (non-hydrogen) atoms. The van der Waals surface area contributed by atoms with Crippen molar-refractivity contribution >= 4 is 11.9 Å². The monoisotopic (exact) mass is 312 g/mol. The van der Waals surface area contributed by atoms with Gasteiger partial charge in [-0.2, -0.15) is 0 Å². The fourth-order valence-corrected chi connectivity index (χ4v) is 1.50. The van der Waals surface area contributed by atoms with Crippen LogP contribution in [0.4, 0.5) is 4.39 Å². The Kier molecular flexibility index (Phi) is 8.78. The first-order valence-corrected chi connectivity index (χ1v) is 6.98. The molecular formula is C15H21FN2O4. The standard InChI is InChI=1S/C15H21FN2O4/c1-3-21-9-10-22-15(17-7-8-20-2)18-14(19)12-5-4-6-13(16)11-12/h4-6,11H,3,7-10H2,1-2H3,(H,17,18,19). The summed E-state index contributed by atoms with van der Waals surface area (Å²) >= 11 is 0. The maximum absolute atomic E-state index is 13.1. The molecular weight excluding hydrogens is 291 g/mol. The van der Waals surface area contributed by atoms with Crippen LogP contribution in [0.25, 0.3) is 0 Å². The van der Waals surface area contributed by atoms with Gasteiger partial charge in [0.1, 0.15) is 12.4 Å². The summed E-state index contributed by atoms with van der Waals surface area (Å²) in [7, 11) is 1.55. The molecule has 7 heteroatoms. The Morgan fingerprint density at radius 3 is 2.82 bits per heavy atom. The van der Waals surface area contributed by atoms with Gasteiger partial charge in [-0.25, -0.2) is 9.38 Å². The molecule has 1 amide bonds. The number of carbonyl (C=O) groups excluding carboxylic acids is 1. The molecule has 0 unspecified atom stereocenters. The van der Waals surface area contributed by atoms with Crippen molar-refractivity contribution in [1.29, 1.82) is 0 Å². The minimum absolute atomic E-state index is 0.0611. The normalized spacial score (nSPS) is 11.3. The number of benzene rings is 1. The number of nitrogens with zero attached hydrogens (tertiary/aromatic N) is 1. The van der Waals surface area contributed by atoms with Crippen LogP contribution in [0.3, 0.4) is 0 Å². The maximum Gasteiger partial charge on any atom is 0.291 e. The Hall–Kier alpha value is -1.99. The van der Waals surface area contributed by atoms with Crippen molar-refractivity contribution in [2.24, 2.45) is 4.99 Å². The Balaban J connectivity index is 2.61. The van der Waals surface area contributed by atoms with Crippen LogP contribution < -0.4 is 5.32 Å². The molecule has 0 spiro atoms. The molecule has 122 valence electrons. The van der Waals surface area contributed by atoms with Crippen molar-refractivity contribution in [2.45, 2.75) is 6.92 Å². The average molecular weight is 312 g/mol. The maximum atomic E-state index is 13.1. The van der Waals surface area contributed by atoms with E-state index in [0.29, 0.717) is 26.4 Å². The smallest absolute Gasteiger partial charge is 0.291 e. The highest BCUT2D eigenvalue weighted by atomic mass is 19.1. The van der Waals surface area contributed by atoms with Gasteiger partial charge in [0.2, 0.25) is 0 Å². The summed E-state index contributed by atoms with van der Waals surface area (Å²) in [5.74, 6) is -0.977. The van der Waals surface area contributed by atoms with Crippen LogP contribution in [0.5, 0.6) is 0 Å².